The summed E-state index contributed by atoms with van der Waals surface area (Å²) in [7, 11) is 0. The van der Waals surface area contributed by atoms with E-state index >= 15 is 0 Å². The quantitative estimate of drug-likeness (QED) is 0.804. The third-order valence-corrected chi connectivity index (χ3v) is 6.89. The molecule has 2 atom stereocenters. The maximum absolute atomic E-state index is 12.7. The average Bonchev–Trinajstić information content (AvgIpc) is 2.80. The highest BCUT2D eigenvalue weighted by Gasteiger charge is 2.50. The summed E-state index contributed by atoms with van der Waals surface area (Å²) in [5, 5.41) is 9.22. The fourth-order valence-electron chi connectivity index (χ4n) is 3.87. The van der Waals surface area contributed by atoms with Gasteiger partial charge in [0.25, 0.3) is 0 Å². The Labute approximate surface area is 146 Å². The Kier molecular flexibility index (Phi) is 4.57. The van der Waals surface area contributed by atoms with E-state index in [1.54, 1.807) is 0 Å². The molecule has 1 heterocycles. The van der Waals surface area contributed by atoms with Crippen LogP contribution in [0, 0.1) is 5.41 Å². The number of benzene rings is 1. The first-order valence-electron chi connectivity index (χ1n) is 8.47. The third-order valence-electron chi connectivity index (χ3n) is 5.33. The molecule has 1 aliphatic heterocycles. The Morgan fingerprint density at radius 3 is 2.54 bits per heavy atom. The Hall–Kier alpha value is -1.24. The third kappa shape index (κ3) is 3.15. The zero-order valence-corrected chi connectivity index (χ0v) is 15.4. The first kappa shape index (κ1) is 17.6. The summed E-state index contributed by atoms with van der Waals surface area (Å²) in [5.74, 6) is 0. The molecule has 1 aromatic rings. The molecule has 132 valence electrons. The number of hydrogen-bond donors (Lipinski definition) is 2. The second-order valence-corrected chi connectivity index (χ2v) is 9.94. The monoisotopic (exact) mass is 350 g/mol. The molecule has 1 fully saturated rings. The van der Waals surface area contributed by atoms with E-state index in [-0.39, 0.29) is 16.2 Å². The lowest BCUT2D eigenvalue weighted by Gasteiger charge is -2.43. The lowest BCUT2D eigenvalue weighted by molar-refractivity contribution is 0.0764. The van der Waals surface area contributed by atoms with E-state index in [4.69, 9.17) is 0 Å². The van der Waals surface area contributed by atoms with Gasteiger partial charge in [0, 0.05) is 29.9 Å². The van der Waals surface area contributed by atoms with Crippen LogP contribution in [0.4, 0.5) is 4.79 Å². The van der Waals surface area contributed by atoms with Gasteiger partial charge in [-0.1, -0.05) is 24.3 Å². The van der Waals surface area contributed by atoms with Gasteiger partial charge in [-0.3, -0.25) is 0 Å². The van der Waals surface area contributed by atoms with E-state index in [1.165, 1.54) is 16.0 Å². The molecule has 6 heteroatoms. The van der Waals surface area contributed by atoms with E-state index in [9.17, 15) is 14.5 Å². The summed E-state index contributed by atoms with van der Waals surface area (Å²) in [6.07, 6.45) is 1.68. The van der Waals surface area contributed by atoms with Crippen molar-refractivity contribution in [2.75, 3.05) is 13.1 Å². The molecule has 5 nitrogen and oxygen atoms in total. The standard InChI is InChI=1S/C18H26N2O3S/c1-17(2,3)24(23)19-15-14-7-5-4-6-13(14)12-18(15)8-10-20(11-9-18)16(21)22/h4-7,15,19H,8-12H2,1-3H3,(H,21,22)/t15-,24+/m0/s1. The number of rotatable bonds is 2. The maximum Gasteiger partial charge on any atom is 0.407 e. The smallest absolute Gasteiger partial charge is 0.407 e. The summed E-state index contributed by atoms with van der Waals surface area (Å²) >= 11 is -1.16. The number of nitrogens with zero attached hydrogens (tertiary/aromatic N) is 1. The van der Waals surface area contributed by atoms with Crippen molar-refractivity contribution in [1.29, 1.82) is 0 Å². The molecular formula is C18H26N2O3S. The largest absolute Gasteiger partial charge is 0.598 e. The minimum atomic E-state index is -1.16. The average molecular weight is 350 g/mol. The molecule has 1 aromatic carbocycles. The zero-order valence-electron chi connectivity index (χ0n) is 14.5. The summed E-state index contributed by atoms with van der Waals surface area (Å²) in [6, 6.07) is 8.35. The van der Waals surface area contributed by atoms with Crippen LogP contribution < -0.4 is 4.72 Å². The molecule has 3 rings (SSSR count). The molecule has 1 amide bonds. The van der Waals surface area contributed by atoms with Gasteiger partial charge in [-0.2, -0.15) is 0 Å². The second kappa shape index (κ2) is 6.24. The molecule has 1 aliphatic carbocycles. The first-order valence-corrected chi connectivity index (χ1v) is 9.62. The first-order chi connectivity index (χ1) is 11.2. The van der Waals surface area contributed by atoms with Gasteiger partial charge in [0.05, 0.1) is 6.04 Å². The lowest BCUT2D eigenvalue weighted by Crippen LogP contribution is -2.50. The van der Waals surface area contributed by atoms with Crippen molar-refractivity contribution >= 4 is 17.5 Å². The topological polar surface area (TPSA) is 75.6 Å². The van der Waals surface area contributed by atoms with Crippen LogP contribution in [0.5, 0.6) is 0 Å². The summed E-state index contributed by atoms with van der Waals surface area (Å²) in [5.41, 5.74) is 2.47. The fraction of sp³-hybridized carbons (Fsp3) is 0.611. The van der Waals surface area contributed by atoms with Crippen LogP contribution in [0.2, 0.25) is 0 Å². The highest BCUT2D eigenvalue weighted by atomic mass is 32.2. The summed E-state index contributed by atoms with van der Waals surface area (Å²) in [4.78, 5) is 12.7. The Morgan fingerprint density at radius 1 is 1.33 bits per heavy atom. The van der Waals surface area contributed by atoms with Crippen LogP contribution >= 0.6 is 0 Å². The van der Waals surface area contributed by atoms with Crippen molar-refractivity contribution < 1.29 is 14.5 Å². The van der Waals surface area contributed by atoms with Crippen molar-refractivity contribution in [2.24, 2.45) is 5.41 Å². The van der Waals surface area contributed by atoms with Gasteiger partial charge in [0.2, 0.25) is 0 Å². The predicted molar refractivity (Wildman–Crippen MR) is 95.2 cm³/mol. The number of hydrogen-bond acceptors (Lipinski definition) is 3. The van der Waals surface area contributed by atoms with Gasteiger partial charge in [-0.25, -0.2) is 4.79 Å². The zero-order chi connectivity index (χ0) is 17.5. The highest BCUT2D eigenvalue weighted by Crippen LogP contribution is 2.52. The van der Waals surface area contributed by atoms with Gasteiger partial charge >= 0.3 is 6.09 Å². The van der Waals surface area contributed by atoms with E-state index < -0.39 is 17.5 Å². The van der Waals surface area contributed by atoms with Crippen LogP contribution in [0.1, 0.15) is 50.8 Å². The summed E-state index contributed by atoms with van der Waals surface area (Å²) < 4.78 is 15.8. The van der Waals surface area contributed by atoms with Crippen LogP contribution in [0.25, 0.3) is 0 Å². The molecule has 1 spiro atoms. The lowest BCUT2D eigenvalue weighted by atomic mass is 9.73. The number of piperidine rings is 1. The molecule has 24 heavy (non-hydrogen) atoms. The molecule has 0 bridgehead atoms. The molecule has 0 saturated carbocycles. The van der Waals surface area contributed by atoms with Crippen molar-refractivity contribution in [2.45, 2.75) is 50.8 Å². The predicted octanol–water partition coefficient (Wildman–Crippen LogP) is 3.10. The van der Waals surface area contributed by atoms with E-state index in [1.807, 2.05) is 32.9 Å². The SMILES string of the molecule is CC(C)(C)[S@@+]([O-])N[C@H]1c2ccccc2CC12CCN(C(=O)O)CC2. The summed E-state index contributed by atoms with van der Waals surface area (Å²) in [6.45, 7) is 7.00. The fourth-order valence-corrected chi connectivity index (χ4v) is 4.81. The van der Waals surface area contributed by atoms with Crippen LogP contribution in [0.3, 0.4) is 0 Å². The Morgan fingerprint density at radius 2 is 1.96 bits per heavy atom. The van der Waals surface area contributed by atoms with Crippen molar-refractivity contribution in [1.82, 2.24) is 9.62 Å². The number of carboxylic acid groups (broad SMARTS) is 1. The van der Waals surface area contributed by atoms with Gasteiger partial charge < -0.3 is 14.6 Å². The van der Waals surface area contributed by atoms with E-state index in [2.05, 4.69) is 16.9 Å². The van der Waals surface area contributed by atoms with Crippen molar-refractivity contribution in [3.05, 3.63) is 35.4 Å². The molecular weight excluding hydrogens is 324 g/mol. The van der Waals surface area contributed by atoms with E-state index in [0.29, 0.717) is 13.1 Å². The molecule has 2 aliphatic rings. The number of amides is 1. The number of nitrogens with one attached hydrogen (secondary N) is 1. The van der Waals surface area contributed by atoms with Crippen LogP contribution in [0.15, 0.2) is 24.3 Å². The minimum absolute atomic E-state index is 0.0182. The van der Waals surface area contributed by atoms with Crippen molar-refractivity contribution in [3.63, 3.8) is 0 Å². The normalized spacial score (nSPS) is 24.0. The number of fused-ring (bicyclic) bond motifs is 1. The van der Waals surface area contributed by atoms with Gasteiger partial charge in [0.1, 0.15) is 4.75 Å². The minimum Gasteiger partial charge on any atom is -0.598 e. The molecule has 0 aromatic heterocycles. The van der Waals surface area contributed by atoms with Gasteiger partial charge in [0.15, 0.2) is 0 Å². The van der Waals surface area contributed by atoms with Crippen LogP contribution in [-0.2, 0) is 17.8 Å². The molecule has 1 saturated heterocycles. The maximum atomic E-state index is 12.7. The second-order valence-electron chi connectivity index (χ2n) is 7.94. The Bertz CT molecular complexity index is 621. The van der Waals surface area contributed by atoms with Crippen molar-refractivity contribution in [3.8, 4) is 0 Å². The molecule has 2 N–H and O–H groups in total. The number of likely N-dealkylation sites (tertiary alicyclic amines) is 1. The van der Waals surface area contributed by atoms with Gasteiger partial charge in [-0.05, 0) is 51.2 Å². The molecule has 0 unspecified atom stereocenters. The number of carbonyl (C=O) groups is 1. The van der Waals surface area contributed by atoms with E-state index in [0.717, 1.165) is 19.3 Å². The molecule has 0 radical (unpaired) electrons. The van der Waals surface area contributed by atoms with Gasteiger partial charge in [-0.15, -0.1) is 4.72 Å². The Balaban J connectivity index is 1.87. The highest BCUT2D eigenvalue weighted by molar-refractivity contribution is 7.90. The van der Waals surface area contributed by atoms with Crippen LogP contribution in [-0.4, -0.2) is 38.5 Å².